The topological polar surface area (TPSA) is 101 Å². The van der Waals surface area contributed by atoms with E-state index in [0.29, 0.717) is 40.3 Å². The predicted molar refractivity (Wildman–Crippen MR) is 97.9 cm³/mol. The van der Waals surface area contributed by atoms with E-state index in [1.54, 1.807) is 12.3 Å². The second-order valence-corrected chi connectivity index (χ2v) is 7.29. The van der Waals surface area contributed by atoms with Gasteiger partial charge in [-0.05, 0) is 25.1 Å². The Morgan fingerprint density at radius 1 is 1.46 bits per heavy atom. The van der Waals surface area contributed by atoms with Crippen LogP contribution in [0.3, 0.4) is 0 Å². The van der Waals surface area contributed by atoms with E-state index in [1.165, 1.54) is 22.8 Å². The van der Waals surface area contributed by atoms with Gasteiger partial charge in [-0.15, -0.1) is 0 Å². The summed E-state index contributed by atoms with van der Waals surface area (Å²) < 4.78 is 21.9. The van der Waals surface area contributed by atoms with Gasteiger partial charge in [-0.1, -0.05) is 0 Å². The van der Waals surface area contributed by atoms with E-state index in [4.69, 9.17) is 4.74 Å². The maximum absolute atomic E-state index is 14.3. The number of carbonyl (C=O) groups is 1. The van der Waals surface area contributed by atoms with Crippen molar-refractivity contribution in [1.82, 2.24) is 19.9 Å². The van der Waals surface area contributed by atoms with Crippen LogP contribution in [0.15, 0.2) is 30.6 Å². The van der Waals surface area contributed by atoms with Crippen LogP contribution in [0.5, 0.6) is 5.75 Å². The molecule has 3 N–H and O–H groups in total. The van der Waals surface area contributed by atoms with E-state index >= 15 is 0 Å². The Morgan fingerprint density at radius 2 is 2.32 bits per heavy atom. The number of aromatic nitrogens is 3. The number of hydrogen-bond donors (Lipinski definition) is 3. The Hall–Kier alpha value is -3.20. The van der Waals surface area contributed by atoms with Gasteiger partial charge in [-0.3, -0.25) is 4.79 Å². The lowest BCUT2D eigenvalue weighted by Gasteiger charge is -2.27. The number of anilines is 1. The third kappa shape index (κ3) is 2.50. The van der Waals surface area contributed by atoms with Crippen LogP contribution < -0.4 is 15.4 Å². The summed E-state index contributed by atoms with van der Waals surface area (Å²) >= 11 is 0. The average molecular weight is 383 g/mol. The number of rotatable bonds is 1. The molecule has 0 saturated carbocycles. The van der Waals surface area contributed by atoms with Crippen LogP contribution in [0.25, 0.3) is 5.65 Å². The molecule has 144 valence electrons. The molecule has 0 saturated heterocycles. The first kappa shape index (κ1) is 16.9. The fraction of sp³-hybridized carbons (Fsp3) is 0.316. The maximum Gasteiger partial charge on any atom is 0.256 e. The molecule has 0 fully saturated rings. The largest absolute Gasteiger partial charge is 0.482 e. The van der Waals surface area contributed by atoms with E-state index in [1.807, 2.05) is 6.92 Å². The highest BCUT2D eigenvalue weighted by molar-refractivity contribution is 5.99. The van der Waals surface area contributed by atoms with Crippen molar-refractivity contribution in [3.63, 3.8) is 0 Å². The average Bonchev–Trinajstić information content (AvgIpc) is 3.26. The quantitative estimate of drug-likeness (QED) is 0.588. The third-order valence-electron chi connectivity index (χ3n) is 5.29. The first-order valence-electron chi connectivity index (χ1n) is 8.99. The van der Waals surface area contributed by atoms with Crippen LogP contribution in [0.1, 0.15) is 34.5 Å². The van der Waals surface area contributed by atoms with Gasteiger partial charge in [0.25, 0.3) is 5.91 Å². The van der Waals surface area contributed by atoms with Gasteiger partial charge in [0.1, 0.15) is 22.9 Å². The molecule has 2 aliphatic rings. The molecule has 0 radical (unpaired) electrons. The molecule has 1 amide bonds. The second kappa shape index (κ2) is 5.90. The van der Waals surface area contributed by atoms with Crippen molar-refractivity contribution in [2.45, 2.75) is 25.0 Å². The summed E-state index contributed by atoms with van der Waals surface area (Å²) in [4.78, 5) is 17.2. The smallest absolute Gasteiger partial charge is 0.256 e. The number of carbonyl (C=O) groups excluding carboxylic acids is 1. The zero-order chi connectivity index (χ0) is 19.5. The van der Waals surface area contributed by atoms with E-state index < -0.39 is 5.60 Å². The van der Waals surface area contributed by atoms with Crippen LogP contribution >= 0.6 is 0 Å². The fourth-order valence-corrected chi connectivity index (χ4v) is 3.84. The third-order valence-corrected chi connectivity index (χ3v) is 5.29. The minimum atomic E-state index is -1.05. The van der Waals surface area contributed by atoms with E-state index in [0.717, 1.165) is 0 Å². The van der Waals surface area contributed by atoms with Crippen LogP contribution in [0.4, 0.5) is 10.2 Å². The van der Waals surface area contributed by atoms with Crippen LogP contribution in [-0.4, -0.2) is 44.4 Å². The lowest BCUT2D eigenvalue weighted by atomic mass is 9.95. The van der Waals surface area contributed by atoms with Gasteiger partial charge in [0.2, 0.25) is 0 Å². The predicted octanol–water partition coefficient (Wildman–Crippen LogP) is 1.45. The van der Waals surface area contributed by atoms with Gasteiger partial charge >= 0.3 is 0 Å². The van der Waals surface area contributed by atoms with E-state index in [-0.39, 0.29) is 30.9 Å². The zero-order valence-corrected chi connectivity index (χ0v) is 15.1. The highest BCUT2D eigenvalue weighted by Gasteiger charge is 2.41. The number of nitrogens with one attached hydrogen (secondary N) is 2. The Kier molecular flexibility index (Phi) is 3.57. The van der Waals surface area contributed by atoms with Gasteiger partial charge in [-0.25, -0.2) is 13.9 Å². The van der Waals surface area contributed by atoms with Crippen LogP contribution in [-0.2, 0) is 6.42 Å². The Balaban J connectivity index is 1.68. The molecule has 2 aliphatic heterocycles. The first-order valence-corrected chi connectivity index (χ1v) is 8.99. The van der Waals surface area contributed by atoms with Gasteiger partial charge in [0.15, 0.2) is 11.2 Å². The summed E-state index contributed by atoms with van der Waals surface area (Å²) in [5.41, 5.74) is 0.975. The molecule has 8 nitrogen and oxygen atoms in total. The van der Waals surface area contributed by atoms with Gasteiger partial charge in [-0.2, -0.15) is 5.10 Å². The fourth-order valence-electron chi connectivity index (χ4n) is 3.84. The second-order valence-electron chi connectivity index (χ2n) is 7.29. The molecule has 0 aliphatic carbocycles. The van der Waals surface area contributed by atoms with Crippen molar-refractivity contribution >= 4 is 17.4 Å². The Morgan fingerprint density at radius 3 is 3.14 bits per heavy atom. The number of fused-ring (bicyclic) bond motifs is 2. The van der Waals surface area contributed by atoms with Gasteiger partial charge in [0.05, 0.1) is 25.4 Å². The molecule has 28 heavy (non-hydrogen) atoms. The number of ether oxygens (including phenoxy) is 1. The van der Waals surface area contributed by atoms with Crippen LogP contribution in [0.2, 0.25) is 0 Å². The minimum Gasteiger partial charge on any atom is -0.482 e. The summed E-state index contributed by atoms with van der Waals surface area (Å²) in [7, 11) is 0. The van der Waals surface area contributed by atoms with Crippen molar-refractivity contribution in [1.29, 1.82) is 0 Å². The van der Waals surface area contributed by atoms with Crippen molar-refractivity contribution in [2.75, 3.05) is 18.5 Å². The molecule has 3 aromatic rings. The Labute approximate surface area is 159 Å². The number of aliphatic hydroxyl groups is 1. The molecule has 2 atom stereocenters. The number of aliphatic hydroxyl groups excluding tert-OH is 1. The lowest BCUT2D eigenvalue weighted by molar-refractivity contribution is 0.0272. The molecule has 1 aromatic carbocycles. The number of amides is 1. The zero-order valence-electron chi connectivity index (χ0n) is 15.1. The first-order chi connectivity index (χ1) is 13.5. The normalized spacial score (nSPS) is 23.4. The van der Waals surface area contributed by atoms with Crippen LogP contribution in [0, 0.1) is 5.82 Å². The standard InChI is InChI=1S/C19H18FN5O3/c1-10-13-5-12(20)4-11-6-19(9-26,28-16(11)13)8-21-18(27)14-7-22-25-3-2-15(23-10)24-17(14)25/h2-5,7,10,26H,6,8-9H2,1H3,(H,21,27)(H,23,24)/t10-,19?/m1/s1. The monoisotopic (exact) mass is 383 g/mol. The number of halogens is 1. The highest BCUT2D eigenvalue weighted by atomic mass is 19.1. The van der Waals surface area contributed by atoms with Crippen molar-refractivity contribution in [3.8, 4) is 5.75 Å². The van der Waals surface area contributed by atoms with Crippen molar-refractivity contribution in [3.05, 3.63) is 53.1 Å². The molecule has 4 bridgehead atoms. The van der Waals surface area contributed by atoms with E-state index in [9.17, 15) is 14.3 Å². The van der Waals surface area contributed by atoms with Gasteiger partial charge in [0, 0.05) is 23.7 Å². The Bertz CT molecular complexity index is 1110. The summed E-state index contributed by atoms with van der Waals surface area (Å²) in [6.07, 6.45) is 3.45. The van der Waals surface area contributed by atoms with Gasteiger partial charge < -0.3 is 20.5 Å². The number of nitrogens with zero attached hydrogens (tertiary/aromatic N) is 3. The molecule has 9 heteroatoms. The summed E-state index contributed by atoms with van der Waals surface area (Å²) in [6.45, 7) is 1.63. The molecule has 4 heterocycles. The van der Waals surface area contributed by atoms with Crippen molar-refractivity contribution in [2.24, 2.45) is 0 Å². The molecule has 5 rings (SSSR count). The number of hydrogen-bond acceptors (Lipinski definition) is 6. The lowest BCUT2D eigenvalue weighted by Crippen LogP contribution is -2.49. The number of benzene rings is 1. The summed E-state index contributed by atoms with van der Waals surface area (Å²) in [5.74, 6) is 0.314. The van der Waals surface area contributed by atoms with Crippen molar-refractivity contribution < 1.29 is 19.0 Å². The minimum absolute atomic E-state index is 0.0664. The summed E-state index contributed by atoms with van der Waals surface area (Å²) in [5, 5.41) is 20.2. The van der Waals surface area contributed by atoms with E-state index in [2.05, 4.69) is 20.7 Å². The summed E-state index contributed by atoms with van der Waals surface area (Å²) in [6, 6.07) is 4.25. The molecular formula is C19H18FN5O3. The highest BCUT2D eigenvalue weighted by Crippen LogP contribution is 2.41. The maximum atomic E-state index is 14.3. The SMILES string of the molecule is C[C@H]1Nc2ccn3ncc(c3n2)C(=O)NCC2(CO)Cc3cc(F)cc1c3O2. The molecule has 2 aromatic heterocycles. The molecular weight excluding hydrogens is 365 g/mol. The molecule has 1 unspecified atom stereocenters. The molecule has 0 spiro atoms.